The quantitative estimate of drug-likeness (QED) is 0.678. The average molecular weight is 436 g/mol. The number of likely N-dealkylation sites (tertiary alicyclic amines) is 1. The van der Waals surface area contributed by atoms with Crippen LogP contribution in [0.4, 0.5) is 4.39 Å². The van der Waals surface area contributed by atoms with Crippen molar-refractivity contribution < 1.29 is 26.4 Å². The smallest absolute Gasteiger partial charge is 0.257 e. The molecule has 0 spiro atoms. The van der Waals surface area contributed by atoms with Gasteiger partial charge in [0.05, 0.1) is 5.69 Å². The van der Waals surface area contributed by atoms with E-state index in [1.54, 1.807) is 6.07 Å². The van der Waals surface area contributed by atoms with Crippen molar-refractivity contribution in [2.75, 3.05) is 19.6 Å². The third kappa shape index (κ3) is 3.78. The maximum Gasteiger partial charge on any atom is 0.257 e. The highest BCUT2D eigenvalue weighted by Crippen LogP contribution is 2.32. The predicted octanol–water partition coefficient (Wildman–Crippen LogP) is 3.08. The lowest BCUT2D eigenvalue weighted by Gasteiger charge is -2.31. The van der Waals surface area contributed by atoms with E-state index in [1.807, 2.05) is 4.90 Å². The molecule has 2 aliphatic heterocycles. The molecule has 1 unspecified atom stereocenters. The van der Waals surface area contributed by atoms with Crippen LogP contribution in [0.2, 0.25) is 0 Å². The zero-order valence-electron chi connectivity index (χ0n) is 25.6. The summed E-state index contributed by atoms with van der Waals surface area (Å²) in [6, 6.07) is 4.24. The molecule has 2 aliphatic rings. The van der Waals surface area contributed by atoms with Crippen molar-refractivity contribution >= 4 is 11.0 Å². The van der Waals surface area contributed by atoms with Crippen molar-refractivity contribution in [3.63, 3.8) is 0 Å². The summed E-state index contributed by atoms with van der Waals surface area (Å²) in [5.74, 6) is -1.25. The molecule has 0 amide bonds. The fourth-order valence-electron chi connectivity index (χ4n) is 4.24. The topological polar surface area (TPSA) is 84.4 Å². The minimum Gasteiger partial charge on any atom is -0.385 e. The number of aromatic nitrogens is 3. The summed E-state index contributed by atoms with van der Waals surface area (Å²) in [6.45, 7) is -4.86. The van der Waals surface area contributed by atoms with E-state index < -0.39 is 55.1 Å². The van der Waals surface area contributed by atoms with E-state index in [9.17, 15) is 14.3 Å². The number of aryl methyl sites for hydroxylation is 1. The number of aliphatic hydroxyl groups is 1. The van der Waals surface area contributed by atoms with E-state index in [-0.39, 0.29) is 29.0 Å². The summed E-state index contributed by atoms with van der Waals surface area (Å²) >= 11 is 0. The summed E-state index contributed by atoms with van der Waals surface area (Å²) in [6.07, 6.45) is -7.73. The number of benzene rings is 1. The van der Waals surface area contributed by atoms with Gasteiger partial charge in [-0.1, -0.05) is 5.16 Å². The van der Waals surface area contributed by atoms with Crippen molar-refractivity contribution in [2.45, 2.75) is 57.4 Å². The van der Waals surface area contributed by atoms with Crippen LogP contribution >= 0.6 is 0 Å². The van der Waals surface area contributed by atoms with Crippen LogP contribution in [0.15, 0.2) is 27.5 Å². The molecule has 1 N–H and O–H groups in total. The number of nitrogens with zero attached hydrogens (tertiary/aromatic N) is 4. The fourth-order valence-corrected chi connectivity index (χ4v) is 4.24. The second-order valence-corrected chi connectivity index (χ2v) is 7.80. The SMILES string of the molecule is [2H]C([2H])([2H])c1nc2n(c(=O)c1CCN1CCC(c3noc4cc(F)ccc34)CC1)C([2H])([2H])C([2H])([2H])C([2H])([2H])C2O. The van der Waals surface area contributed by atoms with E-state index in [1.165, 1.54) is 12.1 Å². The Balaban J connectivity index is 1.41. The van der Waals surface area contributed by atoms with Gasteiger partial charge in [-0.05, 0) is 64.1 Å². The van der Waals surface area contributed by atoms with Gasteiger partial charge in [-0.15, -0.1) is 0 Å². The number of fused-ring (bicyclic) bond motifs is 2. The molecular weight excluding hydrogens is 399 g/mol. The molecule has 1 fully saturated rings. The number of hydrogen-bond donors (Lipinski definition) is 1. The van der Waals surface area contributed by atoms with Crippen LogP contribution < -0.4 is 5.56 Å². The lowest BCUT2D eigenvalue weighted by atomic mass is 9.91. The molecule has 7 nitrogen and oxygen atoms in total. The highest BCUT2D eigenvalue weighted by molar-refractivity contribution is 5.79. The summed E-state index contributed by atoms with van der Waals surface area (Å²) in [5.41, 5.74) is -1.10. The Bertz CT molecular complexity index is 1510. The third-order valence-electron chi connectivity index (χ3n) is 5.94. The van der Waals surface area contributed by atoms with Crippen LogP contribution in [-0.4, -0.2) is 44.3 Å². The van der Waals surface area contributed by atoms with Gasteiger partial charge in [0.1, 0.15) is 17.7 Å². The Kier molecular flexibility index (Phi) is 3.28. The zero-order chi connectivity index (χ0) is 29.4. The summed E-state index contributed by atoms with van der Waals surface area (Å²) < 4.78 is 91.4. The van der Waals surface area contributed by atoms with Crippen LogP contribution in [0.3, 0.4) is 0 Å². The standard InChI is InChI=1S/C23H27FN4O3/c1-14-17(23(30)28-9-2-3-19(29)22(28)25-14)8-12-27-10-6-15(7-11-27)21-18-5-4-16(24)13-20(18)31-26-21/h4-5,13,15,19,29H,2-3,6-12H2,1H3/i1D3,2D2,3D2,9D2. The largest absolute Gasteiger partial charge is 0.385 e. The van der Waals surface area contributed by atoms with Crippen LogP contribution in [0, 0.1) is 12.7 Å². The molecule has 0 saturated carbocycles. The molecule has 8 heteroatoms. The summed E-state index contributed by atoms with van der Waals surface area (Å²) in [5, 5.41) is 15.4. The molecule has 0 aliphatic carbocycles. The summed E-state index contributed by atoms with van der Waals surface area (Å²) in [4.78, 5) is 19.4. The van der Waals surface area contributed by atoms with Crippen LogP contribution in [0.25, 0.3) is 11.0 Å². The van der Waals surface area contributed by atoms with Gasteiger partial charge in [-0.25, -0.2) is 9.37 Å². The van der Waals surface area contributed by atoms with Gasteiger partial charge in [0, 0.05) is 54.0 Å². The van der Waals surface area contributed by atoms with E-state index in [4.69, 9.17) is 16.9 Å². The maximum absolute atomic E-state index is 13.5. The molecule has 1 aromatic carbocycles. The Labute approximate surface area is 192 Å². The van der Waals surface area contributed by atoms with Crippen LogP contribution in [-0.2, 0) is 12.9 Å². The Morgan fingerprint density at radius 1 is 1.39 bits per heavy atom. The molecule has 5 rings (SSSR count). The predicted molar refractivity (Wildman–Crippen MR) is 114 cm³/mol. The molecule has 0 bridgehead atoms. The van der Waals surface area contributed by atoms with E-state index >= 15 is 0 Å². The first kappa shape index (κ1) is 12.5. The Morgan fingerprint density at radius 3 is 3.03 bits per heavy atom. The van der Waals surface area contributed by atoms with E-state index in [0.29, 0.717) is 31.5 Å². The van der Waals surface area contributed by atoms with E-state index in [0.717, 1.165) is 11.1 Å². The monoisotopic (exact) mass is 435 g/mol. The van der Waals surface area contributed by atoms with Gasteiger partial charge in [-0.2, -0.15) is 0 Å². The molecule has 0 radical (unpaired) electrons. The highest BCUT2D eigenvalue weighted by Gasteiger charge is 2.26. The van der Waals surface area contributed by atoms with E-state index in [2.05, 4.69) is 10.1 Å². The van der Waals surface area contributed by atoms with Gasteiger partial charge in [0.2, 0.25) is 0 Å². The lowest BCUT2D eigenvalue weighted by Crippen LogP contribution is -2.37. The van der Waals surface area contributed by atoms with Gasteiger partial charge in [0.25, 0.3) is 5.56 Å². The molecule has 3 aromatic rings. The zero-order valence-corrected chi connectivity index (χ0v) is 16.6. The first-order chi connectivity index (χ1) is 18.5. The van der Waals surface area contributed by atoms with Gasteiger partial charge in [0.15, 0.2) is 5.58 Å². The van der Waals surface area contributed by atoms with Crippen molar-refractivity contribution in [3.05, 3.63) is 57.1 Å². The maximum atomic E-state index is 13.5. The van der Waals surface area contributed by atoms with Crippen LogP contribution in [0.1, 0.15) is 72.7 Å². The number of hydrogen-bond acceptors (Lipinski definition) is 6. The minimum atomic E-state index is -3.34. The second kappa shape index (κ2) is 8.16. The number of rotatable bonds is 4. The normalized spacial score (nSPS) is 29.9. The van der Waals surface area contributed by atoms with Crippen molar-refractivity contribution in [1.82, 2.24) is 19.6 Å². The number of halogens is 1. The second-order valence-electron chi connectivity index (χ2n) is 7.80. The third-order valence-corrected chi connectivity index (χ3v) is 5.94. The molecule has 31 heavy (non-hydrogen) atoms. The number of piperidine rings is 1. The molecule has 2 aromatic heterocycles. The molecule has 1 atom stereocenters. The molecule has 1 saturated heterocycles. The highest BCUT2D eigenvalue weighted by atomic mass is 19.1. The summed E-state index contributed by atoms with van der Waals surface area (Å²) in [7, 11) is 0. The first-order valence-corrected chi connectivity index (χ1v) is 10.1. The molecular formula is C23H27FN4O3. The minimum absolute atomic E-state index is 0.0444. The number of aliphatic hydroxyl groups excluding tert-OH is 1. The lowest BCUT2D eigenvalue weighted by molar-refractivity contribution is 0.129. The van der Waals surface area contributed by atoms with Gasteiger partial charge < -0.3 is 14.5 Å². The van der Waals surface area contributed by atoms with Crippen molar-refractivity contribution in [1.29, 1.82) is 0 Å². The van der Waals surface area contributed by atoms with Crippen molar-refractivity contribution in [2.24, 2.45) is 0 Å². The van der Waals surface area contributed by atoms with Crippen LogP contribution in [0.5, 0.6) is 0 Å². The fraction of sp³-hybridized carbons (Fsp3) is 0.522. The van der Waals surface area contributed by atoms with Gasteiger partial charge in [-0.3, -0.25) is 9.36 Å². The van der Waals surface area contributed by atoms with Crippen molar-refractivity contribution in [3.8, 4) is 0 Å². The molecule has 164 valence electrons. The Hall–Kier alpha value is -2.58. The Morgan fingerprint density at radius 2 is 2.23 bits per heavy atom. The van der Waals surface area contributed by atoms with Gasteiger partial charge >= 0.3 is 0 Å². The molecule has 4 heterocycles. The first-order valence-electron chi connectivity index (χ1n) is 14.6. The average Bonchev–Trinajstić information content (AvgIpc) is 3.28.